The fourth-order valence-electron chi connectivity index (χ4n) is 2.57. The van der Waals surface area contributed by atoms with Gasteiger partial charge in [0.1, 0.15) is 5.82 Å². The molecule has 1 heterocycles. The predicted molar refractivity (Wildman–Crippen MR) is 83.2 cm³/mol. The molecule has 1 aliphatic heterocycles. The molecular weight excluding hydrogens is 299 g/mol. The van der Waals surface area contributed by atoms with Gasteiger partial charge in [-0.15, -0.1) is 0 Å². The quantitative estimate of drug-likeness (QED) is 0.826. The number of nitriles is 1. The maximum Gasteiger partial charge on any atom is 0.315 e. The van der Waals surface area contributed by atoms with Gasteiger partial charge in [-0.2, -0.15) is 5.26 Å². The van der Waals surface area contributed by atoms with Crippen molar-refractivity contribution < 1.29 is 13.9 Å². The molecule has 2 N–H and O–H groups in total. The van der Waals surface area contributed by atoms with Gasteiger partial charge in [0.15, 0.2) is 0 Å². The molecule has 1 saturated heterocycles. The summed E-state index contributed by atoms with van der Waals surface area (Å²) in [5, 5.41) is 14.3. The highest BCUT2D eigenvalue weighted by atomic mass is 19.1. The number of likely N-dealkylation sites (tertiary alicyclic amines) is 1. The Morgan fingerprint density at radius 3 is 3.13 bits per heavy atom. The first-order valence-electron chi connectivity index (χ1n) is 7.56. The average molecular weight is 320 g/mol. The smallest absolute Gasteiger partial charge is 0.315 e. The van der Waals surface area contributed by atoms with Crippen molar-refractivity contribution in [2.75, 3.05) is 33.4 Å². The molecular formula is C16H21FN4O2. The molecule has 0 bridgehead atoms. The Morgan fingerprint density at radius 1 is 1.57 bits per heavy atom. The van der Waals surface area contributed by atoms with Crippen LogP contribution in [0.15, 0.2) is 18.2 Å². The number of benzene rings is 1. The molecule has 124 valence electrons. The van der Waals surface area contributed by atoms with Crippen LogP contribution >= 0.6 is 0 Å². The Balaban J connectivity index is 1.77. The molecule has 1 fully saturated rings. The van der Waals surface area contributed by atoms with E-state index in [4.69, 9.17) is 10.00 Å². The number of rotatable bonds is 6. The van der Waals surface area contributed by atoms with Gasteiger partial charge in [-0.05, 0) is 24.6 Å². The molecule has 0 saturated carbocycles. The van der Waals surface area contributed by atoms with Crippen molar-refractivity contribution in [3.8, 4) is 6.07 Å². The summed E-state index contributed by atoms with van der Waals surface area (Å²) in [6.45, 7) is 3.28. The van der Waals surface area contributed by atoms with Crippen LogP contribution in [0, 0.1) is 17.1 Å². The maximum atomic E-state index is 13.6. The molecule has 2 amide bonds. The lowest BCUT2D eigenvalue weighted by Crippen LogP contribution is -2.43. The maximum absolute atomic E-state index is 13.6. The van der Waals surface area contributed by atoms with E-state index in [2.05, 4.69) is 15.5 Å². The van der Waals surface area contributed by atoms with Crippen molar-refractivity contribution in [1.29, 1.82) is 5.26 Å². The topological polar surface area (TPSA) is 77.4 Å². The lowest BCUT2D eigenvalue weighted by atomic mass is 10.1. The van der Waals surface area contributed by atoms with E-state index < -0.39 is 5.82 Å². The van der Waals surface area contributed by atoms with Crippen molar-refractivity contribution in [3.63, 3.8) is 0 Å². The van der Waals surface area contributed by atoms with E-state index in [0.29, 0.717) is 17.7 Å². The summed E-state index contributed by atoms with van der Waals surface area (Å²) in [5.74, 6) is -0.434. The van der Waals surface area contributed by atoms with E-state index in [0.717, 1.165) is 26.1 Å². The number of nitrogens with one attached hydrogen (secondary N) is 2. The van der Waals surface area contributed by atoms with Crippen molar-refractivity contribution >= 4 is 6.03 Å². The fraction of sp³-hybridized carbons (Fsp3) is 0.500. The molecule has 0 unspecified atom stereocenters. The highest BCUT2D eigenvalue weighted by molar-refractivity contribution is 5.74. The van der Waals surface area contributed by atoms with Crippen LogP contribution in [-0.2, 0) is 11.3 Å². The summed E-state index contributed by atoms with van der Waals surface area (Å²) < 4.78 is 18.7. The lowest BCUT2D eigenvalue weighted by molar-refractivity contribution is 0.159. The molecule has 6 nitrogen and oxygen atoms in total. The van der Waals surface area contributed by atoms with Gasteiger partial charge in [0.2, 0.25) is 0 Å². The number of ether oxygens (including phenoxy) is 1. The third-order valence-electron chi connectivity index (χ3n) is 3.83. The first-order chi connectivity index (χ1) is 11.1. The molecule has 1 aromatic carbocycles. The number of urea groups is 1. The second-order valence-electron chi connectivity index (χ2n) is 5.52. The van der Waals surface area contributed by atoms with Crippen LogP contribution in [0.5, 0.6) is 0 Å². The Hall–Kier alpha value is -2.17. The fourth-order valence-corrected chi connectivity index (χ4v) is 2.57. The number of nitrogens with zero attached hydrogens (tertiary/aromatic N) is 2. The molecule has 0 spiro atoms. The van der Waals surface area contributed by atoms with E-state index in [1.165, 1.54) is 18.2 Å². The highest BCUT2D eigenvalue weighted by Gasteiger charge is 2.23. The van der Waals surface area contributed by atoms with Gasteiger partial charge in [-0.3, -0.25) is 4.90 Å². The zero-order valence-corrected chi connectivity index (χ0v) is 13.1. The molecule has 0 aliphatic carbocycles. The Labute approximate surface area is 135 Å². The molecule has 0 radical (unpaired) electrons. The zero-order chi connectivity index (χ0) is 16.7. The van der Waals surface area contributed by atoms with Gasteiger partial charge < -0.3 is 15.4 Å². The van der Waals surface area contributed by atoms with Crippen LogP contribution in [-0.4, -0.2) is 50.3 Å². The SMILES string of the molecule is COCCN1CC[C@H](NC(=O)NCc2cc(C#N)ccc2F)C1. The molecule has 7 heteroatoms. The van der Waals surface area contributed by atoms with Crippen LogP contribution < -0.4 is 10.6 Å². The van der Waals surface area contributed by atoms with Crippen LogP contribution in [0.4, 0.5) is 9.18 Å². The molecule has 1 atom stereocenters. The average Bonchev–Trinajstić information content (AvgIpc) is 2.99. The van der Waals surface area contributed by atoms with E-state index in [1.54, 1.807) is 7.11 Å². The van der Waals surface area contributed by atoms with Crippen molar-refractivity contribution in [1.82, 2.24) is 15.5 Å². The number of carbonyl (C=O) groups excluding carboxylic acids is 1. The molecule has 2 rings (SSSR count). The van der Waals surface area contributed by atoms with Crippen LogP contribution in [0.25, 0.3) is 0 Å². The minimum Gasteiger partial charge on any atom is -0.383 e. The van der Waals surface area contributed by atoms with E-state index >= 15 is 0 Å². The van der Waals surface area contributed by atoms with Gasteiger partial charge in [-0.1, -0.05) is 0 Å². The number of methoxy groups -OCH3 is 1. The standard InChI is InChI=1S/C16H21FN4O2/c1-23-7-6-21-5-4-14(11-21)20-16(22)19-10-13-8-12(9-18)2-3-15(13)17/h2-3,8,14H,4-7,10-11H2,1H3,(H2,19,20,22)/t14-/m0/s1. The Bertz CT molecular complexity index is 588. The van der Waals surface area contributed by atoms with Gasteiger partial charge >= 0.3 is 6.03 Å². The summed E-state index contributed by atoms with van der Waals surface area (Å²) >= 11 is 0. The summed E-state index contributed by atoms with van der Waals surface area (Å²) in [7, 11) is 1.67. The summed E-state index contributed by atoms with van der Waals surface area (Å²) in [4.78, 5) is 14.1. The number of amides is 2. The highest BCUT2D eigenvalue weighted by Crippen LogP contribution is 2.10. The monoisotopic (exact) mass is 320 g/mol. The van der Waals surface area contributed by atoms with E-state index in [-0.39, 0.29) is 18.6 Å². The predicted octanol–water partition coefficient (Wildman–Crippen LogP) is 1.22. The third-order valence-corrected chi connectivity index (χ3v) is 3.83. The molecule has 1 aliphatic rings. The number of carbonyl (C=O) groups is 1. The number of hydrogen-bond donors (Lipinski definition) is 2. The summed E-state index contributed by atoms with van der Waals surface area (Å²) in [6.07, 6.45) is 0.884. The van der Waals surface area contributed by atoms with Crippen LogP contribution in [0.3, 0.4) is 0 Å². The zero-order valence-electron chi connectivity index (χ0n) is 13.1. The van der Waals surface area contributed by atoms with Crippen molar-refractivity contribution in [2.45, 2.75) is 19.0 Å². The van der Waals surface area contributed by atoms with Crippen LogP contribution in [0.1, 0.15) is 17.5 Å². The van der Waals surface area contributed by atoms with Gasteiger partial charge in [-0.25, -0.2) is 9.18 Å². The third kappa shape index (κ3) is 5.20. The van der Waals surface area contributed by atoms with E-state index in [9.17, 15) is 9.18 Å². The van der Waals surface area contributed by atoms with Crippen molar-refractivity contribution in [2.24, 2.45) is 0 Å². The van der Waals surface area contributed by atoms with Crippen LogP contribution in [0.2, 0.25) is 0 Å². The minimum absolute atomic E-state index is 0.0489. The Kier molecular flexibility index (Phi) is 6.32. The number of halogens is 1. The first kappa shape index (κ1) is 17.2. The van der Waals surface area contributed by atoms with E-state index in [1.807, 2.05) is 6.07 Å². The molecule has 1 aromatic rings. The normalized spacial score (nSPS) is 17.7. The van der Waals surface area contributed by atoms with Gasteiger partial charge in [0.25, 0.3) is 0 Å². The second-order valence-corrected chi connectivity index (χ2v) is 5.52. The summed E-state index contributed by atoms with van der Waals surface area (Å²) in [5.41, 5.74) is 0.667. The minimum atomic E-state index is -0.434. The second kappa shape index (κ2) is 8.46. The van der Waals surface area contributed by atoms with Crippen molar-refractivity contribution in [3.05, 3.63) is 35.1 Å². The molecule has 0 aromatic heterocycles. The Morgan fingerprint density at radius 2 is 2.39 bits per heavy atom. The largest absolute Gasteiger partial charge is 0.383 e. The van der Waals surface area contributed by atoms with Gasteiger partial charge in [0.05, 0.1) is 18.2 Å². The molecule has 23 heavy (non-hydrogen) atoms. The summed E-state index contributed by atoms with van der Waals surface area (Å²) in [6, 6.07) is 5.79. The number of hydrogen-bond acceptors (Lipinski definition) is 4. The lowest BCUT2D eigenvalue weighted by Gasteiger charge is -2.16. The van der Waals surface area contributed by atoms with Gasteiger partial charge in [0, 0.05) is 44.9 Å². The first-order valence-corrected chi connectivity index (χ1v) is 7.56.